The molecule has 0 saturated carbocycles. The van der Waals surface area contributed by atoms with Crippen molar-refractivity contribution in [1.29, 1.82) is 5.26 Å². The number of nitriles is 1. The zero-order valence-corrected chi connectivity index (χ0v) is 10.9. The largest absolute Gasteiger partial charge is 0.376 e. The van der Waals surface area contributed by atoms with Crippen molar-refractivity contribution in [3.63, 3.8) is 0 Å². The number of piperidine rings is 1. The fraction of sp³-hybridized carbons (Fsp3) is 0.533. The van der Waals surface area contributed by atoms with E-state index in [1.165, 1.54) is 12.1 Å². The van der Waals surface area contributed by atoms with Crippen molar-refractivity contribution in [2.24, 2.45) is 0 Å². The molecule has 2 rings (SSSR count). The molecule has 1 aliphatic rings. The van der Waals surface area contributed by atoms with E-state index in [0.29, 0.717) is 6.10 Å². The first-order valence-electron chi connectivity index (χ1n) is 6.70. The maximum absolute atomic E-state index is 8.79. The number of hydrogen-bond donors (Lipinski definition) is 0. The summed E-state index contributed by atoms with van der Waals surface area (Å²) >= 11 is 0. The summed E-state index contributed by atoms with van der Waals surface area (Å²) in [6.07, 6.45) is 3.77. The van der Waals surface area contributed by atoms with Crippen molar-refractivity contribution in [3.05, 3.63) is 29.8 Å². The van der Waals surface area contributed by atoms with Gasteiger partial charge in [-0.2, -0.15) is 5.26 Å². The van der Waals surface area contributed by atoms with Crippen LogP contribution in [0.5, 0.6) is 0 Å². The van der Waals surface area contributed by atoms with Gasteiger partial charge in [0.2, 0.25) is 0 Å². The third kappa shape index (κ3) is 3.24. The molecule has 1 unspecified atom stereocenters. The second-order valence-electron chi connectivity index (χ2n) is 4.74. The third-order valence-corrected chi connectivity index (χ3v) is 3.30. The topological polar surface area (TPSA) is 36.3 Å². The van der Waals surface area contributed by atoms with Gasteiger partial charge in [0.1, 0.15) is 0 Å². The van der Waals surface area contributed by atoms with E-state index in [1.54, 1.807) is 0 Å². The lowest BCUT2D eigenvalue weighted by atomic mass is 10.1. The third-order valence-electron chi connectivity index (χ3n) is 3.30. The van der Waals surface area contributed by atoms with Crippen LogP contribution >= 0.6 is 0 Å². The smallest absolute Gasteiger partial charge is 0.0991 e. The summed E-state index contributed by atoms with van der Waals surface area (Å²) in [5.41, 5.74) is 1.91. The highest BCUT2D eigenvalue weighted by Crippen LogP contribution is 2.21. The molecule has 18 heavy (non-hydrogen) atoms. The van der Waals surface area contributed by atoms with Gasteiger partial charge in [-0.25, -0.2) is 0 Å². The Labute approximate surface area is 109 Å². The molecule has 0 aliphatic carbocycles. The highest BCUT2D eigenvalue weighted by molar-refractivity contribution is 5.50. The van der Waals surface area contributed by atoms with E-state index in [2.05, 4.69) is 17.9 Å². The van der Waals surface area contributed by atoms with Gasteiger partial charge >= 0.3 is 0 Å². The lowest BCUT2D eigenvalue weighted by molar-refractivity contribution is 0.0440. The average Bonchev–Trinajstić information content (AvgIpc) is 2.45. The standard InChI is InChI=1S/C15H20N2O/c1-2-10-18-15-4-3-9-17(12-15)14-7-5-13(11-16)6-8-14/h5-8,15H,2-4,9-10,12H2,1H3. The zero-order valence-electron chi connectivity index (χ0n) is 10.9. The van der Waals surface area contributed by atoms with Gasteiger partial charge in [-0.15, -0.1) is 0 Å². The molecule has 3 heteroatoms. The Morgan fingerprint density at radius 3 is 2.83 bits per heavy atom. The fourth-order valence-corrected chi connectivity index (χ4v) is 2.34. The molecule has 0 aromatic heterocycles. The van der Waals surface area contributed by atoms with E-state index >= 15 is 0 Å². The molecule has 0 amide bonds. The van der Waals surface area contributed by atoms with Crippen LogP contribution in [0.3, 0.4) is 0 Å². The van der Waals surface area contributed by atoms with Crippen LogP contribution in [-0.4, -0.2) is 25.8 Å². The highest BCUT2D eigenvalue weighted by atomic mass is 16.5. The minimum absolute atomic E-state index is 0.356. The van der Waals surface area contributed by atoms with Crippen molar-refractivity contribution in [2.75, 3.05) is 24.6 Å². The molecule has 3 nitrogen and oxygen atoms in total. The van der Waals surface area contributed by atoms with Crippen LogP contribution in [0.2, 0.25) is 0 Å². The van der Waals surface area contributed by atoms with Crippen molar-refractivity contribution in [1.82, 2.24) is 0 Å². The van der Waals surface area contributed by atoms with Gasteiger partial charge in [0.25, 0.3) is 0 Å². The Kier molecular flexibility index (Phi) is 4.60. The average molecular weight is 244 g/mol. The van der Waals surface area contributed by atoms with Gasteiger partial charge in [-0.05, 0) is 43.5 Å². The molecule has 0 N–H and O–H groups in total. The predicted molar refractivity (Wildman–Crippen MR) is 72.6 cm³/mol. The maximum Gasteiger partial charge on any atom is 0.0991 e. The molecule has 1 aliphatic heterocycles. The number of hydrogen-bond acceptors (Lipinski definition) is 3. The Morgan fingerprint density at radius 1 is 1.39 bits per heavy atom. The van der Waals surface area contributed by atoms with E-state index < -0.39 is 0 Å². The molecule has 0 spiro atoms. The first-order chi connectivity index (χ1) is 8.83. The molecular weight excluding hydrogens is 224 g/mol. The second kappa shape index (κ2) is 6.42. The van der Waals surface area contributed by atoms with Gasteiger partial charge in [0.05, 0.1) is 17.7 Å². The van der Waals surface area contributed by atoms with Crippen molar-refractivity contribution < 1.29 is 4.74 Å². The first kappa shape index (κ1) is 12.9. The number of anilines is 1. The first-order valence-corrected chi connectivity index (χ1v) is 6.70. The Hall–Kier alpha value is -1.53. The fourth-order valence-electron chi connectivity index (χ4n) is 2.34. The summed E-state index contributed by atoms with van der Waals surface area (Å²) in [6, 6.07) is 9.97. The monoisotopic (exact) mass is 244 g/mol. The van der Waals surface area contributed by atoms with Crippen molar-refractivity contribution >= 4 is 5.69 Å². The van der Waals surface area contributed by atoms with Crippen molar-refractivity contribution in [3.8, 4) is 6.07 Å². The van der Waals surface area contributed by atoms with E-state index in [1.807, 2.05) is 24.3 Å². The number of ether oxygens (including phenoxy) is 1. The SMILES string of the molecule is CCCOC1CCCN(c2ccc(C#N)cc2)C1. The number of nitrogens with zero attached hydrogens (tertiary/aromatic N) is 2. The van der Waals surface area contributed by atoms with Crippen LogP contribution in [0.1, 0.15) is 31.7 Å². The Balaban J connectivity index is 1.97. The molecule has 1 aromatic carbocycles. The predicted octanol–water partition coefficient (Wildman–Crippen LogP) is 2.95. The van der Waals surface area contributed by atoms with Gasteiger partial charge in [-0.3, -0.25) is 0 Å². The molecule has 0 bridgehead atoms. The molecule has 1 atom stereocenters. The van der Waals surface area contributed by atoms with Crippen LogP contribution in [-0.2, 0) is 4.74 Å². The van der Waals surface area contributed by atoms with Gasteiger partial charge < -0.3 is 9.64 Å². The molecule has 1 fully saturated rings. The number of rotatable bonds is 4. The maximum atomic E-state index is 8.79. The minimum Gasteiger partial charge on any atom is -0.376 e. The molecule has 1 saturated heterocycles. The van der Waals surface area contributed by atoms with Gasteiger partial charge in [0.15, 0.2) is 0 Å². The molecule has 0 radical (unpaired) electrons. The van der Waals surface area contributed by atoms with Crippen LogP contribution in [0.4, 0.5) is 5.69 Å². The summed E-state index contributed by atoms with van der Waals surface area (Å²) in [5.74, 6) is 0. The zero-order chi connectivity index (χ0) is 12.8. The molecule has 1 aromatic rings. The van der Waals surface area contributed by atoms with Crippen molar-refractivity contribution in [2.45, 2.75) is 32.3 Å². The van der Waals surface area contributed by atoms with Gasteiger partial charge in [-0.1, -0.05) is 6.92 Å². The van der Waals surface area contributed by atoms with E-state index in [0.717, 1.165) is 38.1 Å². The normalized spacial score (nSPS) is 19.6. The lowest BCUT2D eigenvalue weighted by Crippen LogP contribution is -2.39. The summed E-state index contributed by atoms with van der Waals surface area (Å²) in [7, 11) is 0. The Morgan fingerprint density at radius 2 is 2.17 bits per heavy atom. The minimum atomic E-state index is 0.356. The molecule has 1 heterocycles. The highest BCUT2D eigenvalue weighted by Gasteiger charge is 2.20. The van der Waals surface area contributed by atoms with Crippen LogP contribution in [0.15, 0.2) is 24.3 Å². The Bertz CT molecular complexity index is 407. The second-order valence-corrected chi connectivity index (χ2v) is 4.74. The molecular formula is C15H20N2O. The van der Waals surface area contributed by atoms with E-state index in [9.17, 15) is 0 Å². The van der Waals surface area contributed by atoms with Gasteiger partial charge in [0, 0.05) is 25.4 Å². The summed E-state index contributed by atoms with van der Waals surface area (Å²) in [6.45, 7) is 5.04. The van der Waals surface area contributed by atoms with Crippen LogP contribution in [0.25, 0.3) is 0 Å². The van der Waals surface area contributed by atoms with Crippen LogP contribution < -0.4 is 4.90 Å². The quantitative estimate of drug-likeness (QED) is 0.817. The summed E-state index contributed by atoms with van der Waals surface area (Å²) < 4.78 is 5.83. The number of benzene rings is 1. The summed E-state index contributed by atoms with van der Waals surface area (Å²) in [5, 5.41) is 8.79. The summed E-state index contributed by atoms with van der Waals surface area (Å²) in [4.78, 5) is 2.35. The molecule has 96 valence electrons. The van der Waals surface area contributed by atoms with Crippen LogP contribution in [0, 0.1) is 11.3 Å². The lowest BCUT2D eigenvalue weighted by Gasteiger charge is -2.34. The van der Waals surface area contributed by atoms with E-state index in [-0.39, 0.29) is 0 Å². The van der Waals surface area contributed by atoms with E-state index in [4.69, 9.17) is 10.00 Å².